The molecule has 0 spiro atoms. The molecule has 2 aromatic rings. The van der Waals surface area contributed by atoms with Gasteiger partial charge < -0.3 is 9.84 Å². The third kappa shape index (κ3) is 4.59. The first-order valence-corrected chi connectivity index (χ1v) is 8.21. The molecule has 2 N–H and O–H groups in total. The van der Waals surface area contributed by atoms with Crippen molar-refractivity contribution in [2.24, 2.45) is 5.10 Å². The standard InChI is InChI=1S/C16H14ClIN2O3/c1-2-23-14-8-10(7-13(18)15(14)21)9-19-20-16(22)11-5-3-4-6-12(11)17/h3-9,21H,2H2,1H3,(H,20,22)/b19-9-. The van der Waals surface area contributed by atoms with Crippen LogP contribution in [0.1, 0.15) is 22.8 Å². The van der Waals surface area contributed by atoms with E-state index in [1.54, 1.807) is 36.4 Å². The Morgan fingerprint density at radius 2 is 2.17 bits per heavy atom. The number of hydrogen-bond donors (Lipinski definition) is 2. The lowest BCUT2D eigenvalue weighted by molar-refractivity contribution is 0.0955. The summed E-state index contributed by atoms with van der Waals surface area (Å²) in [4.78, 5) is 12.0. The normalized spacial score (nSPS) is 10.7. The molecule has 0 aliphatic carbocycles. The second-order valence-corrected chi connectivity index (χ2v) is 6.03. The third-order valence-electron chi connectivity index (χ3n) is 2.85. The lowest BCUT2D eigenvalue weighted by Gasteiger charge is -2.08. The van der Waals surface area contributed by atoms with E-state index in [-0.39, 0.29) is 5.75 Å². The second-order valence-electron chi connectivity index (χ2n) is 4.46. The summed E-state index contributed by atoms with van der Waals surface area (Å²) in [7, 11) is 0. The van der Waals surface area contributed by atoms with E-state index in [1.165, 1.54) is 6.21 Å². The summed E-state index contributed by atoms with van der Waals surface area (Å²) >= 11 is 7.95. The molecule has 0 atom stereocenters. The van der Waals surface area contributed by atoms with Gasteiger partial charge in [-0.05, 0) is 59.3 Å². The largest absolute Gasteiger partial charge is 0.504 e. The van der Waals surface area contributed by atoms with Crippen LogP contribution in [0.4, 0.5) is 0 Å². The number of ether oxygens (including phenoxy) is 1. The molecule has 23 heavy (non-hydrogen) atoms. The number of aromatic hydroxyl groups is 1. The molecule has 0 saturated carbocycles. The summed E-state index contributed by atoms with van der Waals surface area (Å²) in [5, 5.41) is 14.2. The smallest absolute Gasteiger partial charge is 0.272 e. The first-order chi connectivity index (χ1) is 11.0. The van der Waals surface area contributed by atoms with Gasteiger partial charge in [-0.25, -0.2) is 5.43 Å². The van der Waals surface area contributed by atoms with Crippen molar-refractivity contribution < 1.29 is 14.6 Å². The Morgan fingerprint density at radius 1 is 1.43 bits per heavy atom. The molecule has 2 aromatic carbocycles. The van der Waals surface area contributed by atoms with Gasteiger partial charge in [-0.3, -0.25) is 4.79 Å². The highest BCUT2D eigenvalue weighted by atomic mass is 127. The molecule has 0 aliphatic heterocycles. The number of benzene rings is 2. The number of phenols is 1. The predicted molar refractivity (Wildman–Crippen MR) is 98.5 cm³/mol. The van der Waals surface area contributed by atoms with Crippen LogP contribution in [0.25, 0.3) is 0 Å². The molecule has 0 heterocycles. The van der Waals surface area contributed by atoms with E-state index in [9.17, 15) is 9.90 Å². The van der Waals surface area contributed by atoms with Crippen LogP contribution >= 0.6 is 34.2 Å². The van der Waals surface area contributed by atoms with Crippen LogP contribution < -0.4 is 10.2 Å². The molecule has 0 aromatic heterocycles. The van der Waals surface area contributed by atoms with Gasteiger partial charge in [-0.15, -0.1) is 0 Å². The molecule has 0 aliphatic rings. The monoisotopic (exact) mass is 444 g/mol. The molecule has 5 nitrogen and oxygen atoms in total. The fourth-order valence-electron chi connectivity index (χ4n) is 1.80. The SMILES string of the molecule is CCOc1cc(/C=N\NC(=O)c2ccccc2Cl)cc(I)c1O. The average molecular weight is 445 g/mol. The van der Waals surface area contributed by atoms with Crippen molar-refractivity contribution in [1.82, 2.24) is 5.43 Å². The molecular weight excluding hydrogens is 431 g/mol. The summed E-state index contributed by atoms with van der Waals surface area (Å²) in [5.41, 5.74) is 3.45. The van der Waals surface area contributed by atoms with Crippen molar-refractivity contribution in [3.63, 3.8) is 0 Å². The van der Waals surface area contributed by atoms with Gasteiger partial charge in [-0.1, -0.05) is 23.7 Å². The van der Waals surface area contributed by atoms with Crippen LogP contribution in [0.5, 0.6) is 11.5 Å². The molecule has 0 unspecified atom stereocenters. The Morgan fingerprint density at radius 3 is 2.87 bits per heavy atom. The summed E-state index contributed by atoms with van der Waals surface area (Å²) < 4.78 is 5.98. The maximum atomic E-state index is 12.0. The molecule has 0 saturated heterocycles. The molecular formula is C16H14ClIN2O3. The van der Waals surface area contributed by atoms with Crippen molar-refractivity contribution in [2.45, 2.75) is 6.92 Å². The van der Waals surface area contributed by atoms with Gasteiger partial charge >= 0.3 is 0 Å². The van der Waals surface area contributed by atoms with E-state index in [4.69, 9.17) is 16.3 Å². The number of nitrogens with zero attached hydrogens (tertiary/aromatic N) is 1. The number of hydrazone groups is 1. The Labute approximate surface area is 152 Å². The number of hydrogen-bond acceptors (Lipinski definition) is 4. The number of carbonyl (C=O) groups excluding carboxylic acids is 1. The number of phenolic OH excluding ortho intramolecular Hbond substituents is 1. The topological polar surface area (TPSA) is 70.9 Å². The Kier molecular flexibility index (Phi) is 6.23. The number of rotatable bonds is 5. The van der Waals surface area contributed by atoms with Crippen molar-refractivity contribution >= 4 is 46.3 Å². The molecule has 120 valence electrons. The minimum Gasteiger partial charge on any atom is -0.504 e. The third-order valence-corrected chi connectivity index (χ3v) is 4.00. The van der Waals surface area contributed by atoms with Gasteiger partial charge in [0.2, 0.25) is 0 Å². The highest BCUT2D eigenvalue weighted by Crippen LogP contribution is 2.32. The summed E-state index contributed by atoms with van der Waals surface area (Å²) in [6.45, 7) is 2.27. The maximum absolute atomic E-state index is 12.0. The number of halogens is 2. The van der Waals surface area contributed by atoms with Gasteiger partial charge in [0, 0.05) is 0 Å². The van der Waals surface area contributed by atoms with E-state index in [2.05, 4.69) is 10.5 Å². The molecule has 0 bridgehead atoms. The number of amides is 1. The van der Waals surface area contributed by atoms with E-state index < -0.39 is 5.91 Å². The Balaban J connectivity index is 2.12. The quantitative estimate of drug-likeness (QED) is 0.418. The van der Waals surface area contributed by atoms with Crippen molar-refractivity contribution in [2.75, 3.05) is 6.61 Å². The first-order valence-electron chi connectivity index (χ1n) is 6.76. The highest BCUT2D eigenvalue weighted by Gasteiger charge is 2.09. The molecule has 0 fully saturated rings. The van der Waals surface area contributed by atoms with Gasteiger partial charge in [-0.2, -0.15) is 5.10 Å². The van der Waals surface area contributed by atoms with E-state index in [0.29, 0.717) is 32.1 Å². The van der Waals surface area contributed by atoms with Crippen LogP contribution in [0, 0.1) is 3.57 Å². The molecule has 7 heteroatoms. The van der Waals surface area contributed by atoms with Crippen LogP contribution in [-0.4, -0.2) is 23.8 Å². The predicted octanol–water partition coefficient (Wildman–Crippen LogP) is 3.81. The first kappa shape index (κ1) is 17.6. The zero-order valence-electron chi connectivity index (χ0n) is 12.2. The summed E-state index contributed by atoms with van der Waals surface area (Å²) in [5.74, 6) is 0.0633. The molecule has 0 radical (unpaired) electrons. The van der Waals surface area contributed by atoms with Crippen LogP contribution in [0.15, 0.2) is 41.5 Å². The minimum atomic E-state index is -0.398. The lowest BCUT2D eigenvalue weighted by Crippen LogP contribution is -2.17. The van der Waals surface area contributed by atoms with Crippen LogP contribution in [-0.2, 0) is 0 Å². The van der Waals surface area contributed by atoms with E-state index in [0.717, 1.165) is 0 Å². The second kappa shape index (κ2) is 8.16. The van der Waals surface area contributed by atoms with E-state index >= 15 is 0 Å². The van der Waals surface area contributed by atoms with E-state index in [1.807, 2.05) is 29.5 Å². The molecule has 2 rings (SSSR count). The van der Waals surface area contributed by atoms with Gasteiger partial charge in [0.1, 0.15) is 0 Å². The van der Waals surface area contributed by atoms with Crippen molar-refractivity contribution in [1.29, 1.82) is 0 Å². The zero-order valence-corrected chi connectivity index (χ0v) is 15.1. The number of carbonyl (C=O) groups is 1. The number of nitrogens with one attached hydrogen (secondary N) is 1. The van der Waals surface area contributed by atoms with Gasteiger partial charge in [0.15, 0.2) is 11.5 Å². The molecule has 1 amide bonds. The summed E-state index contributed by atoms with van der Waals surface area (Å²) in [6, 6.07) is 10.1. The van der Waals surface area contributed by atoms with Crippen molar-refractivity contribution in [3.05, 3.63) is 56.1 Å². The Hall–Kier alpha value is -1.80. The fraction of sp³-hybridized carbons (Fsp3) is 0.125. The highest BCUT2D eigenvalue weighted by molar-refractivity contribution is 14.1. The van der Waals surface area contributed by atoms with Crippen molar-refractivity contribution in [3.8, 4) is 11.5 Å². The minimum absolute atomic E-state index is 0.0877. The fourth-order valence-corrected chi connectivity index (χ4v) is 2.65. The van der Waals surface area contributed by atoms with Gasteiger partial charge in [0.05, 0.1) is 27.0 Å². The summed E-state index contributed by atoms with van der Waals surface area (Å²) in [6.07, 6.45) is 1.47. The lowest BCUT2D eigenvalue weighted by atomic mass is 10.2. The van der Waals surface area contributed by atoms with Crippen LogP contribution in [0.3, 0.4) is 0 Å². The van der Waals surface area contributed by atoms with Gasteiger partial charge in [0.25, 0.3) is 5.91 Å². The average Bonchev–Trinajstić information content (AvgIpc) is 2.52. The Bertz CT molecular complexity index is 750. The maximum Gasteiger partial charge on any atom is 0.272 e. The zero-order chi connectivity index (χ0) is 16.8. The van der Waals surface area contributed by atoms with Crippen LogP contribution in [0.2, 0.25) is 5.02 Å².